The number of carbonyl (C=O) groups excluding carboxylic acids is 1. The highest BCUT2D eigenvalue weighted by Crippen LogP contribution is 2.31. The Labute approximate surface area is 170 Å². The molecule has 0 saturated carbocycles. The number of aryl methyl sites for hydroxylation is 1. The van der Waals surface area contributed by atoms with Crippen LogP contribution >= 0.6 is 11.6 Å². The zero-order valence-electron chi connectivity index (χ0n) is 16.4. The Balaban J connectivity index is 1.62. The number of amides is 1. The fourth-order valence-corrected chi connectivity index (χ4v) is 3.57. The number of rotatable bonds is 5. The summed E-state index contributed by atoms with van der Waals surface area (Å²) in [6, 6.07) is 10.6. The van der Waals surface area contributed by atoms with Crippen molar-refractivity contribution in [2.24, 2.45) is 0 Å². The van der Waals surface area contributed by atoms with E-state index in [1.165, 1.54) is 0 Å². The molecule has 7 heteroatoms. The number of ether oxygens (including phenoxy) is 1. The lowest BCUT2D eigenvalue weighted by atomic mass is 10.1. The molecule has 0 radical (unpaired) electrons. The molecule has 1 aliphatic heterocycles. The van der Waals surface area contributed by atoms with E-state index >= 15 is 0 Å². The summed E-state index contributed by atoms with van der Waals surface area (Å²) < 4.78 is 5.34. The first kappa shape index (κ1) is 20.3. The molecule has 6 nitrogen and oxygen atoms in total. The summed E-state index contributed by atoms with van der Waals surface area (Å²) in [6.45, 7) is 6.76. The molecule has 150 valence electrons. The van der Waals surface area contributed by atoms with Crippen LogP contribution in [0.25, 0.3) is 0 Å². The van der Waals surface area contributed by atoms with E-state index in [-0.39, 0.29) is 17.7 Å². The van der Waals surface area contributed by atoms with E-state index in [1.54, 1.807) is 19.2 Å². The highest BCUT2D eigenvalue weighted by atomic mass is 35.5. The summed E-state index contributed by atoms with van der Waals surface area (Å²) >= 11 is 6.14. The average Bonchev–Trinajstić information content (AvgIpc) is 2.70. The van der Waals surface area contributed by atoms with Crippen LogP contribution in [-0.2, 0) is 4.79 Å². The Bertz CT molecular complexity index is 851. The van der Waals surface area contributed by atoms with Crippen LogP contribution in [0.5, 0.6) is 11.5 Å². The number of phenols is 1. The first-order valence-corrected chi connectivity index (χ1v) is 9.70. The Kier molecular flexibility index (Phi) is 6.31. The number of aromatic hydroxyl groups is 1. The van der Waals surface area contributed by atoms with Crippen molar-refractivity contribution in [3.8, 4) is 11.5 Å². The van der Waals surface area contributed by atoms with Crippen molar-refractivity contribution in [1.82, 2.24) is 4.90 Å². The van der Waals surface area contributed by atoms with Gasteiger partial charge in [-0.2, -0.15) is 0 Å². The van der Waals surface area contributed by atoms with E-state index < -0.39 is 0 Å². The molecule has 1 heterocycles. The van der Waals surface area contributed by atoms with E-state index in [1.807, 2.05) is 38.1 Å². The molecule has 2 aromatic rings. The van der Waals surface area contributed by atoms with Gasteiger partial charge < -0.3 is 20.1 Å². The summed E-state index contributed by atoms with van der Waals surface area (Å²) in [6.07, 6.45) is 0. The molecule has 0 aromatic heterocycles. The predicted molar refractivity (Wildman–Crippen MR) is 113 cm³/mol. The second-order valence-electron chi connectivity index (χ2n) is 6.98. The minimum absolute atomic E-state index is 0.0870. The van der Waals surface area contributed by atoms with Gasteiger partial charge >= 0.3 is 0 Å². The van der Waals surface area contributed by atoms with Crippen LogP contribution in [-0.4, -0.2) is 55.2 Å². The first-order chi connectivity index (χ1) is 13.4. The second kappa shape index (κ2) is 8.71. The third-order valence-corrected chi connectivity index (χ3v) is 5.61. The van der Waals surface area contributed by atoms with Crippen LogP contribution in [0.4, 0.5) is 11.4 Å². The molecule has 1 atom stereocenters. The smallest absolute Gasteiger partial charge is 0.241 e. The number of anilines is 2. The number of nitrogens with zero attached hydrogens (tertiary/aromatic N) is 2. The topological polar surface area (TPSA) is 65.0 Å². The van der Waals surface area contributed by atoms with Gasteiger partial charge in [0.15, 0.2) is 0 Å². The van der Waals surface area contributed by atoms with Crippen LogP contribution < -0.4 is 15.0 Å². The fraction of sp³-hybridized carbons (Fsp3) is 0.381. The summed E-state index contributed by atoms with van der Waals surface area (Å²) in [7, 11) is 1.55. The highest BCUT2D eigenvalue weighted by molar-refractivity contribution is 6.31. The second-order valence-corrected chi connectivity index (χ2v) is 7.39. The summed E-state index contributed by atoms with van der Waals surface area (Å²) in [5.74, 6) is 0.739. The fourth-order valence-electron chi connectivity index (χ4n) is 3.41. The minimum Gasteiger partial charge on any atom is -0.506 e. The number of nitrogens with one attached hydrogen (secondary N) is 1. The maximum atomic E-state index is 12.8. The van der Waals surface area contributed by atoms with Gasteiger partial charge in [0, 0.05) is 37.3 Å². The van der Waals surface area contributed by atoms with Crippen molar-refractivity contribution in [3.05, 3.63) is 47.0 Å². The van der Waals surface area contributed by atoms with Gasteiger partial charge in [0.25, 0.3) is 0 Å². The highest BCUT2D eigenvalue weighted by Gasteiger charge is 2.27. The van der Waals surface area contributed by atoms with Gasteiger partial charge in [0.2, 0.25) is 5.91 Å². The van der Waals surface area contributed by atoms with Gasteiger partial charge in [-0.3, -0.25) is 9.69 Å². The molecular formula is C21H26ClN3O3. The standard InChI is InChI=1S/C21H26ClN3O3/c1-14-12-17(20(28-3)13-16(14)22)23-21(27)15(2)24-8-10-25(11-9-24)18-6-4-5-7-19(18)26/h4-7,12-13,15,26H,8-11H2,1-3H3,(H,23,27). The van der Waals surface area contributed by atoms with E-state index in [0.29, 0.717) is 16.5 Å². The van der Waals surface area contributed by atoms with E-state index in [4.69, 9.17) is 16.3 Å². The Morgan fingerprint density at radius 2 is 1.89 bits per heavy atom. The number of halogens is 1. The van der Waals surface area contributed by atoms with Gasteiger partial charge in [-0.05, 0) is 37.6 Å². The van der Waals surface area contributed by atoms with Gasteiger partial charge in [0.05, 0.1) is 24.5 Å². The van der Waals surface area contributed by atoms with Crippen LogP contribution in [0.15, 0.2) is 36.4 Å². The lowest BCUT2D eigenvalue weighted by Gasteiger charge is -2.38. The zero-order valence-corrected chi connectivity index (χ0v) is 17.2. The molecule has 2 aromatic carbocycles. The third-order valence-electron chi connectivity index (χ3n) is 5.20. The van der Waals surface area contributed by atoms with Crippen molar-refractivity contribution in [3.63, 3.8) is 0 Å². The van der Waals surface area contributed by atoms with Gasteiger partial charge in [-0.15, -0.1) is 0 Å². The number of benzene rings is 2. The SMILES string of the molecule is COc1cc(Cl)c(C)cc1NC(=O)C(C)N1CCN(c2ccccc2O)CC1. The minimum atomic E-state index is -0.285. The lowest BCUT2D eigenvalue weighted by Crippen LogP contribution is -2.52. The Morgan fingerprint density at radius 1 is 1.21 bits per heavy atom. The van der Waals surface area contributed by atoms with Crippen LogP contribution in [0.1, 0.15) is 12.5 Å². The van der Waals surface area contributed by atoms with Gasteiger partial charge in [-0.25, -0.2) is 0 Å². The lowest BCUT2D eigenvalue weighted by molar-refractivity contribution is -0.120. The average molecular weight is 404 g/mol. The van der Waals surface area contributed by atoms with Crippen LogP contribution in [0.2, 0.25) is 5.02 Å². The largest absolute Gasteiger partial charge is 0.506 e. The van der Waals surface area contributed by atoms with E-state index in [9.17, 15) is 9.90 Å². The predicted octanol–water partition coefficient (Wildman–Crippen LogP) is 3.51. The molecule has 1 fully saturated rings. The molecular weight excluding hydrogens is 378 g/mol. The maximum Gasteiger partial charge on any atom is 0.241 e. The zero-order chi connectivity index (χ0) is 20.3. The molecule has 1 amide bonds. The van der Waals surface area contributed by atoms with Crippen molar-refractivity contribution < 1.29 is 14.6 Å². The Hall–Kier alpha value is -2.44. The van der Waals surface area contributed by atoms with E-state index in [2.05, 4.69) is 15.1 Å². The third kappa shape index (κ3) is 4.34. The van der Waals surface area contributed by atoms with Crippen molar-refractivity contribution in [2.45, 2.75) is 19.9 Å². The first-order valence-electron chi connectivity index (χ1n) is 9.32. The number of para-hydroxylation sites is 2. The van der Waals surface area contributed by atoms with Crippen molar-refractivity contribution >= 4 is 28.9 Å². The molecule has 0 aliphatic carbocycles. The van der Waals surface area contributed by atoms with Crippen molar-refractivity contribution in [1.29, 1.82) is 0 Å². The van der Waals surface area contributed by atoms with Crippen LogP contribution in [0.3, 0.4) is 0 Å². The van der Waals surface area contributed by atoms with Crippen LogP contribution in [0, 0.1) is 6.92 Å². The number of methoxy groups -OCH3 is 1. The van der Waals surface area contributed by atoms with Crippen molar-refractivity contribution in [2.75, 3.05) is 43.5 Å². The number of piperazine rings is 1. The molecule has 1 unspecified atom stereocenters. The maximum absolute atomic E-state index is 12.8. The quantitative estimate of drug-likeness (QED) is 0.799. The normalized spacial score (nSPS) is 15.9. The molecule has 3 rings (SSSR count). The number of carbonyl (C=O) groups is 1. The summed E-state index contributed by atoms with van der Waals surface area (Å²) in [5, 5.41) is 13.6. The molecule has 2 N–H and O–H groups in total. The molecule has 0 bridgehead atoms. The summed E-state index contributed by atoms with van der Waals surface area (Å²) in [5.41, 5.74) is 2.33. The monoisotopic (exact) mass is 403 g/mol. The summed E-state index contributed by atoms with van der Waals surface area (Å²) in [4.78, 5) is 17.1. The number of phenolic OH excluding ortho intramolecular Hbond substituents is 1. The number of hydrogen-bond acceptors (Lipinski definition) is 5. The molecule has 1 saturated heterocycles. The van der Waals surface area contributed by atoms with E-state index in [0.717, 1.165) is 37.4 Å². The molecule has 28 heavy (non-hydrogen) atoms. The molecule has 1 aliphatic rings. The number of hydrogen-bond donors (Lipinski definition) is 2. The van der Waals surface area contributed by atoms with Gasteiger partial charge in [-0.1, -0.05) is 23.7 Å². The molecule has 0 spiro atoms. The Morgan fingerprint density at radius 3 is 2.54 bits per heavy atom. The van der Waals surface area contributed by atoms with Gasteiger partial charge in [0.1, 0.15) is 11.5 Å².